The van der Waals surface area contributed by atoms with Gasteiger partial charge in [-0.1, -0.05) is 37.1 Å². The normalized spacial score (nSPS) is 16.0. The Hall–Kier alpha value is -2.20. The third-order valence-electron chi connectivity index (χ3n) is 5.10. The summed E-state index contributed by atoms with van der Waals surface area (Å²) in [6, 6.07) is 11.6. The predicted octanol–water partition coefficient (Wildman–Crippen LogP) is 5.02. The number of carbonyl (C=O) groups excluding carboxylic acids is 1. The maximum Gasteiger partial charge on any atom is 0.223 e. The monoisotopic (exact) mass is 387 g/mol. The Morgan fingerprint density at radius 3 is 2.59 bits per heavy atom. The predicted molar refractivity (Wildman–Crippen MR) is 108 cm³/mol. The van der Waals surface area contributed by atoms with Crippen LogP contribution in [0, 0.1) is 0 Å². The van der Waals surface area contributed by atoms with Crippen LogP contribution in [0.1, 0.15) is 48.9 Å². The average Bonchev–Trinajstić information content (AvgIpc) is 2.69. The van der Waals surface area contributed by atoms with E-state index in [2.05, 4.69) is 6.92 Å². The summed E-state index contributed by atoms with van der Waals surface area (Å²) in [5.74, 6) is 1.57. The highest BCUT2D eigenvalue weighted by atomic mass is 35.5. The van der Waals surface area contributed by atoms with Crippen molar-refractivity contribution >= 4 is 17.5 Å². The number of ether oxygens (including phenoxy) is 2. The quantitative estimate of drug-likeness (QED) is 0.698. The second-order valence-electron chi connectivity index (χ2n) is 6.80. The van der Waals surface area contributed by atoms with Gasteiger partial charge in [-0.25, -0.2) is 0 Å². The molecular weight excluding hydrogens is 362 g/mol. The first-order chi connectivity index (χ1) is 13.1. The van der Waals surface area contributed by atoms with Gasteiger partial charge < -0.3 is 14.4 Å². The molecule has 0 bridgehead atoms. The van der Waals surface area contributed by atoms with E-state index in [1.54, 1.807) is 14.2 Å². The van der Waals surface area contributed by atoms with Gasteiger partial charge in [0.15, 0.2) is 11.5 Å². The summed E-state index contributed by atoms with van der Waals surface area (Å²) in [4.78, 5) is 14.9. The van der Waals surface area contributed by atoms with E-state index in [0.717, 1.165) is 30.4 Å². The van der Waals surface area contributed by atoms with Crippen LogP contribution >= 0.6 is 11.6 Å². The molecule has 0 radical (unpaired) electrons. The molecule has 1 aliphatic heterocycles. The van der Waals surface area contributed by atoms with Crippen molar-refractivity contribution in [3.63, 3.8) is 0 Å². The number of amides is 1. The molecule has 0 spiro atoms. The molecule has 1 amide bonds. The number of hydrogen-bond acceptors (Lipinski definition) is 3. The van der Waals surface area contributed by atoms with E-state index in [1.165, 1.54) is 5.56 Å². The zero-order chi connectivity index (χ0) is 19.4. The SMILES string of the molecule is CCCCC(=O)N1CCc2cc(OC)c(OC)cc2C1c1cccc(Cl)c1. The Labute approximate surface area is 166 Å². The molecule has 27 heavy (non-hydrogen) atoms. The molecule has 0 saturated heterocycles. The van der Waals surface area contributed by atoms with Crippen LogP contribution in [0.2, 0.25) is 5.02 Å². The molecule has 5 heteroatoms. The molecule has 0 aliphatic carbocycles. The van der Waals surface area contributed by atoms with E-state index >= 15 is 0 Å². The second-order valence-corrected chi connectivity index (χ2v) is 7.24. The van der Waals surface area contributed by atoms with Gasteiger partial charge in [0, 0.05) is 18.0 Å². The lowest BCUT2D eigenvalue weighted by Gasteiger charge is -2.38. The molecule has 1 aliphatic rings. The van der Waals surface area contributed by atoms with Gasteiger partial charge in [-0.3, -0.25) is 4.79 Å². The van der Waals surface area contributed by atoms with Gasteiger partial charge in [-0.15, -0.1) is 0 Å². The van der Waals surface area contributed by atoms with Crippen LogP contribution in [0.5, 0.6) is 11.5 Å². The highest BCUT2D eigenvalue weighted by Crippen LogP contribution is 2.41. The first-order valence-electron chi connectivity index (χ1n) is 9.38. The van der Waals surface area contributed by atoms with Crippen LogP contribution in [0.3, 0.4) is 0 Å². The van der Waals surface area contributed by atoms with Crippen LogP contribution in [-0.4, -0.2) is 31.6 Å². The van der Waals surface area contributed by atoms with Gasteiger partial charge >= 0.3 is 0 Å². The molecule has 0 N–H and O–H groups in total. The summed E-state index contributed by atoms with van der Waals surface area (Å²) in [7, 11) is 3.27. The molecule has 0 fully saturated rings. The Morgan fingerprint density at radius 2 is 1.93 bits per heavy atom. The number of hydrogen-bond donors (Lipinski definition) is 0. The van der Waals surface area contributed by atoms with Gasteiger partial charge in [0.1, 0.15) is 0 Å². The fraction of sp³-hybridized carbons (Fsp3) is 0.409. The zero-order valence-corrected chi connectivity index (χ0v) is 16.9. The molecular formula is C22H26ClNO3. The molecule has 1 heterocycles. The first kappa shape index (κ1) is 19.6. The van der Waals surface area contributed by atoms with E-state index < -0.39 is 0 Å². The third-order valence-corrected chi connectivity index (χ3v) is 5.34. The first-order valence-corrected chi connectivity index (χ1v) is 9.76. The van der Waals surface area contributed by atoms with E-state index in [9.17, 15) is 4.79 Å². The third kappa shape index (κ3) is 4.06. The standard InChI is InChI=1S/C22H26ClNO3/c1-4-5-9-21(25)24-11-10-15-13-19(26-2)20(27-3)14-18(15)22(24)16-7-6-8-17(23)12-16/h6-8,12-14,22H,4-5,9-11H2,1-3H3. The maximum absolute atomic E-state index is 13.0. The summed E-state index contributed by atoms with van der Waals surface area (Å²) in [6.45, 7) is 2.78. The number of methoxy groups -OCH3 is 2. The highest BCUT2D eigenvalue weighted by molar-refractivity contribution is 6.30. The molecule has 2 aromatic rings. The number of halogens is 1. The molecule has 3 rings (SSSR count). The topological polar surface area (TPSA) is 38.8 Å². The lowest BCUT2D eigenvalue weighted by molar-refractivity contribution is -0.133. The van der Waals surface area contributed by atoms with Gasteiger partial charge in [-0.05, 0) is 53.8 Å². The van der Waals surface area contributed by atoms with Crippen molar-refractivity contribution in [2.24, 2.45) is 0 Å². The Balaban J connectivity index is 2.10. The van der Waals surface area contributed by atoms with Gasteiger partial charge in [0.05, 0.1) is 20.3 Å². The average molecular weight is 388 g/mol. The van der Waals surface area contributed by atoms with E-state index in [4.69, 9.17) is 21.1 Å². The number of unbranched alkanes of at least 4 members (excludes halogenated alkanes) is 1. The number of benzene rings is 2. The molecule has 0 aromatic heterocycles. The zero-order valence-electron chi connectivity index (χ0n) is 16.1. The minimum absolute atomic E-state index is 0.170. The molecule has 4 nitrogen and oxygen atoms in total. The molecule has 1 atom stereocenters. The number of carbonyl (C=O) groups is 1. The lowest BCUT2D eigenvalue weighted by atomic mass is 9.87. The van der Waals surface area contributed by atoms with Crippen LogP contribution in [-0.2, 0) is 11.2 Å². The van der Waals surface area contributed by atoms with Crippen LogP contribution in [0.4, 0.5) is 0 Å². The van der Waals surface area contributed by atoms with Gasteiger partial charge in [0.2, 0.25) is 5.91 Å². The van der Waals surface area contributed by atoms with Crippen molar-refractivity contribution in [3.8, 4) is 11.5 Å². The van der Waals surface area contributed by atoms with E-state index in [-0.39, 0.29) is 11.9 Å². The molecule has 2 aromatic carbocycles. The van der Waals surface area contributed by atoms with Crippen molar-refractivity contribution in [1.82, 2.24) is 4.90 Å². The smallest absolute Gasteiger partial charge is 0.223 e. The lowest BCUT2D eigenvalue weighted by Crippen LogP contribution is -2.40. The molecule has 1 unspecified atom stereocenters. The van der Waals surface area contributed by atoms with Crippen LogP contribution in [0.25, 0.3) is 0 Å². The summed E-state index contributed by atoms with van der Waals surface area (Å²) >= 11 is 6.26. The summed E-state index contributed by atoms with van der Waals surface area (Å²) in [5, 5.41) is 0.668. The van der Waals surface area contributed by atoms with E-state index in [1.807, 2.05) is 41.3 Å². The van der Waals surface area contributed by atoms with Crippen molar-refractivity contribution in [1.29, 1.82) is 0 Å². The summed E-state index contributed by atoms with van der Waals surface area (Å²) in [5.41, 5.74) is 3.27. The number of nitrogens with zero attached hydrogens (tertiary/aromatic N) is 1. The Morgan fingerprint density at radius 1 is 1.19 bits per heavy atom. The molecule has 0 saturated carbocycles. The molecule has 144 valence electrons. The fourth-order valence-corrected chi connectivity index (χ4v) is 3.92. The van der Waals surface area contributed by atoms with Crippen molar-refractivity contribution in [2.75, 3.05) is 20.8 Å². The maximum atomic E-state index is 13.0. The Bertz CT molecular complexity index is 821. The minimum atomic E-state index is -0.170. The van der Waals surface area contributed by atoms with Gasteiger partial charge in [0.25, 0.3) is 0 Å². The van der Waals surface area contributed by atoms with Gasteiger partial charge in [-0.2, -0.15) is 0 Å². The fourth-order valence-electron chi connectivity index (χ4n) is 3.72. The second kappa shape index (κ2) is 8.66. The van der Waals surface area contributed by atoms with Crippen molar-refractivity contribution < 1.29 is 14.3 Å². The number of rotatable bonds is 6. The minimum Gasteiger partial charge on any atom is -0.493 e. The highest BCUT2D eigenvalue weighted by Gasteiger charge is 2.33. The summed E-state index contributed by atoms with van der Waals surface area (Å²) < 4.78 is 11.0. The largest absolute Gasteiger partial charge is 0.493 e. The van der Waals surface area contributed by atoms with Crippen LogP contribution in [0.15, 0.2) is 36.4 Å². The van der Waals surface area contributed by atoms with E-state index in [0.29, 0.717) is 29.5 Å². The van der Waals surface area contributed by atoms with Crippen molar-refractivity contribution in [3.05, 3.63) is 58.1 Å². The Kier molecular flexibility index (Phi) is 6.27. The van der Waals surface area contributed by atoms with Crippen molar-refractivity contribution in [2.45, 2.75) is 38.6 Å². The summed E-state index contributed by atoms with van der Waals surface area (Å²) in [6.07, 6.45) is 3.26. The van der Waals surface area contributed by atoms with Crippen LogP contribution < -0.4 is 9.47 Å². The number of fused-ring (bicyclic) bond motifs is 1.